The minimum atomic E-state index is 0.203. The van der Waals surface area contributed by atoms with Crippen molar-refractivity contribution in [1.29, 1.82) is 0 Å². The minimum absolute atomic E-state index is 0.203. The third-order valence-corrected chi connectivity index (χ3v) is 4.35. The van der Waals surface area contributed by atoms with E-state index in [1.807, 2.05) is 12.1 Å². The molecular weight excluding hydrogens is 294 g/mol. The summed E-state index contributed by atoms with van der Waals surface area (Å²) in [5, 5.41) is 13.1. The van der Waals surface area contributed by atoms with Crippen molar-refractivity contribution in [3.8, 4) is 0 Å². The predicted molar refractivity (Wildman–Crippen MR) is 93.7 cm³/mol. The lowest BCUT2D eigenvalue weighted by Gasteiger charge is -2.21. The summed E-state index contributed by atoms with van der Waals surface area (Å²) in [6.45, 7) is 10.7. The van der Waals surface area contributed by atoms with Crippen LogP contribution in [0.1, 0.15) is 61.5 Å². The van der Waals surface area contributed by atoms with Crippen LogP contribution in [0.5, 0.6) is 0 Å². The monoisotopic (exact) mass is 317 g/mol. The number of hydrogen-bond donors (Lipinski definition) is 1. The molecule has 0 fully saturated rings. The van der Waals surface area contributed by atoms with Gasteiger partial charge in [-0.1, -0.05) is 44.5 Å². The molecule has 2 rings (SSSR count). The van der Waals surface area contributed by atoms with Crippen LogP contribution in [0, 0.1) is 13.8 Å². The Hall–Kier alpha value is -1.61. The lowest BCUT2D eigenvalue weighted by molar-refractivity contribution is 0.725. The zero-order valence-corrected chi connectivity index (χ0v) is 14.7. The Morgan fingerprint density at radius 3 is 2.23 bits per heavy atom. The van der Waals surface area contributed by atoms with E-state index in [1.54, 1.807) is 0 Å². The first-order valence-corrected chi connectivity index (χ1v) is 8.17. The molecule has 1 atom stereocenters. The SMILES string of the molecule is CC[C@@H](Nc1nnc(C(C)C)c(C)c1C)c1ccc(Cl)cc1. The Labute approximate surface area is 138 Å². The molecule has 4 heteroatoms. The maximum atomic E-state index is 5.97. The zero-order valence-electron chi connectivity index (χ0n) is 13.9. The molecule has 0 radical (unpaired) electrons. The van der Waals surface area contributed by atoms with Gasteiger partial charge in [0.2, 0.25) is 0 Å². The molecule has 3 nitrogen and oxygen atoms in total. The smallest absolute Gasteiger partial charge is 0.152 e. The van der Waals surface area contributed by atoms with Crippen molar-refractivity contribution in [3.63, 3.8) is 0 Å². The van der Waals surface area contributed by atoms with Crippen molar-refractivity contribution in [2.45, 2.75) is 53.0 Å². The van der Waals surface area contributed by atoms with Crippen molar-refractivity contribution in [1.82, 2.24) is 10.2 Å². The number of rotatable bonds is 5. The van der Waals surface area contributed by atoms with Gasteiger partial charge in [-0.2, -0.15) is 5.10 Å². The van der Waals surface area contributed by atoms with E-state index >= 15 is 0 Å². The highest BCUT2D eigenvalue weighted by Crippen LogP contribution is 2.27. The van der Waals surface area contributed by atoms with E-state index in [0.29, 0.717) is 5.92 Å². The van der Waals surface area contributed by atoms with Gasteiger partial charge in [-0.3, -0.25) is 0 Å². The second-order valence-corrected chi connectivity index (χ2v) is 6.43. The molecule has 0 bridgehead atoms. The van der Waals surface area contributed by atoms with Crippen molar-refractivity contribution in [2.24, 2.45) is 0 Å². The largest absolute Gasteiger partial charge is 0.362 e. The number of benzene rings is 1. The second kappa shape index (κ2) is 7.10. The van der Waals surface area contributed by atoms with Crippen LogP contribution in [0.15, 0.2) is 24.3 Å². The maximum Gasteiger partial charge on any atom is 0.152 e. The fourth-order valence-corrected chi connectivity index (χ4v) is 2.72. The Morgan fingerprint density at radius 1 is 1.05 bits per heavy atom. The minimum Gasteiger partial charge on any atom is -0.362 e. The van der Waals surface area contributed by atoms with E-state index in [0.717, 1.165) is 23.0 Å². The molecule has 0 aliphatic carbocycles. The van der Waals surface area contributed by atoms with E-state index in [1.165, 1.54) is 16.7 Å². The molecule has 1 N–H and O–H groups in total. The maximum absolute atomic E-state index is 5.97. The first-order valence-electron chi connectivity index (χ1n) is 7.79. The summed E-state index contributed by atoms with van der Waals surface area (Å²) < 4.78 is 0. The van der Waals surface area contributed by atoms with Gasteiger partial charge in [-0.25, -0.2) is 0 Å². The average Bonchev–Trinajstić information content (AvgIpc) is 2.49. The molecule has 0 saturated carbocycles. The predicted octanol–water partition coefficient (Wildman–Crippen LogP) is 5.43. The first-order chi connectivity index (χ1) is 10.4. The van der Waals surface area contributed by atoms with Crippen molar-refractivity contribution < 1.29 is 0 Å². The number of anilines is 1. The van der Waals surface area contributed by atoms with Gasteiger partial charge in [0.05, 0.1) is 11.7 Å². The molecule has 2 aromatic rings. The average molecular weight is 318 g/mol. The number of aromatic nitrogens is 2. The molecule has 0 unspecified atom stereocenters. The molecule has 0 saturated heterocycles. The number of hydrogen-bond acceptors (Lipinski definition) is 3. The lowest BCUT2D eigenvalue weighted by atomic mass is 10.0. The van der Waals surface area contributed by atoms with E-state index in [4.69, 9.17) is 11.6 Å². The van der Waals surface area contributed by atoms with Crippen molar-refractivity contribution >= 4 is 17.4 Å². The second-order valence-electron chi connectivity index (χ2n) is 6.00. The third kappa shape index (κ3) is 3.58. The summed E-state index contributed by atoms with van der Waals surface area (Å²) in [6.07, 6.45) is 0.966. The molecule has 22 heavy (non-hydrogen) atoms. The zero-order chi connectivity index (χ0) is 16.3. The molecule has 0 spiro atoms. The molecule has 0 amide bonds. The standard InChI is InChI=1S/C18H24ClN3/c1-6-16(14-7-9-15(19)10-8-14)20-18-13(5)12(4)17(11(2)3)21-22-18/h7-11,16H,6H2,1-5H3,(H,20,22)/t16-/m1/s1. The summed E-state index contributed by atoms with van der Waals surface area (Å²) in [7, 11) is 0. The van der Waals surface area contributed by atoms with Crippen molar-refractivity contribution in [2.75, 3.05) is 5.32 Å². The van der Waals surface area contributed by atoms with Crippen LogP contribution < -0.4 is 5.32 Å². The van der Waals surface area contributed by atoms with Crippen LogP contribution in [-0.4, -0.2) is 10.2 Å². The van der Waals surface area contributed by atoms with Gasteiger partial charge < -0.3 is 5.32 Å². The summed E-state index contributed by atoms with van der Waals surface area (Å²) >= 11 is 5.97. The van der Waals surface area contributed by atoms with Crippen LogP contribution >= 0.6 is 11.6 Å². The number of nitrogens with one attached hydrogen (secondary N) is 1. The highest BCUT2D eigenvalue weighted by atomic mass is 35.5. The molecule has 0 aliphatic heterocycles. The molecule has 1 heterocycles. The Balaban J connectivity index is 2.28. The fraction of sp³-hybridized carbons (Fsp3) is 0.444. The number of halogens is 1. The Morgan fingerprint density at radius 2 is 1.68 bits per heavy atom. The summed E-state index contributed by atoms with van der Waals surface area (Å²) in [4.78, 5) is 0. The van der Waals surface area contributed by atoms with Gasteiger partial charge in [0.25, 0.3) is 0 Å². The van der Waals surface area contributed by atoms with Crippen LogP contribution in [0.3, 0.4) is 0 Å². The summed E-state index contributed by atoms with van der Waals surface area (Å²) in [5.74, 6) is 1.25. The molecule has 1 aromatic heterocycles. The topological polar surface area (TPSA) is 37.8 Å². The number of nitrogens with zero attached hydrogens (tertiary/aromatic N) is 2. The molecular formula is C18H24ClN3. The quantitative estimate of drug-likeness (QED) is 0.798. The summed E-state index contributed by atoms with van der Waals surface area (Å²) in [5.41, 5.74) is 4.67. The van der Waals surface area contributed by atoms with Crippen LogP contribution in [-0.2, 0) is 0 Å². The van der Waals surface area contributed by atoms with E-state index in [2.05, 4.69) is 62.3 Å². The van der Waals surface area contributed by atoms with Gasteiger partial charge in [0, 0.05) is 5.02 Å². The Kier molecular flexibility index (Phi) is 5.41. The van der Waals surface area contributed by atoms with Gasteiger partial charge in [0.1, 0.15) is 0 Å². The summed E-state index contributed by atoms with van der Waals surface area (Å²) in [6, 6.07) is 8.16. The van der Waals surface area contributed by atoms with Crippen molar-refractivity contribution in [3.05, 3.63) is 51.7 Å². The first kappa shape index (κ1) is 16.8. The van der Waals surface area contributed by atoms with Gasteiger partial charge in [-0.15, -0.1) is 5.10 Å². The Bertz CT molecular complexity index is 636. The van der Waals surface area contributed by atoms with E-state index in [-0.39, 0.29) is 6.04 Å². The van der Waals surface area contributed by atoms with Crippen LogP contribution in [0.2, 0.25) is 5.02 Å². The van der Waals surface area contributed by atoms with E-state index < -0.39 is 0 Å². The van der Waals surface area contributed by atoms with Crippen LogP contribution in [0.4, 0.5) is 5.82 Å². The molecule has 0 aliphatic rings. The van der Waals surface area contributed by atoms with E-state index in [9.17, 15) is 0 Å². The third-order valence-electron chi connectivity index (χ3n) is 4.10. The molecule has 1 aromatic carbocycles. The highest BCUT2D eigenvalue weighted by molar-refractivity contribution is 6.30. The van der Waals surface area contributed by atoms with Gasteiger partial charge >= 0.3 is 0 Å². The van der Waals surface area contributed by atoms with Gasteiger partial charge in [-0.05, 0) is 55.0 Å². The highest BCUT2D eigenvalue weighted by Gasteiger charge is 2.15. The molecule has 118 valence electrons. The van der Waals surface area contributed by atoms with Gasteiger partial charge in [0.15, 0.2) is 5.82 Å². The lowest BCUT2D eigenvalue weighted by Crippen LogP contribution is -2.14. The normalized spacial score (nSPS) is 12.5. The fourth-order valence-electron chi connectivity index (χ4n) is 2.59. The van der Waals surface area contributed by atoms with Crippen LogP contribution in [0.25, 0.3) is 0 Å².